The van der Waals surface area contributed by atoms with Gasteiger partial charge in [0.05, 0.1) is 0 Å². The highest BCUT2D eigenvalue weighted by molar-refractivity contribution is 5.89. The zero-order chi connectivity index (χ0) is 20.2. The molecule has 1 fully saturated rings. The largest absolute Gasteiger partial charge is 0.206 e. The first-order valence-electron chi connectivity index (χ1n) is 10.8. The third-order valence-corrected chi connectivity index (χ3v) is 6.53. The molecule has 0 aliphatic heterocycles. The van der Waals surface area contributed by atoms with Crippen molar-refractivity contribution >= 4 is 16.8 Å². The minimum Gasteiger partial charge on any atom is -0.206 e. The first kappa shape index (κ1) is 19.6. The van der Waals surface area contributed by atoms with Crippen LogP contribution >= 0.6 is 0 Å². The van der Waals surface area contributed by atoms with E-state index in [0.717, 1.165) is 28.9 Å². The van der Waals surface area contributed by atoms with E-state index in [1.807, 2.05) is 36.4 Å². The van der Waals surface area contributed by atoms with Gasteiger partial charge in [-0.1, -0.05) is 67.3 Å². The molecule has 0 heterocycles. The van der Waals surface area contributed by atoms with Gasteiger partial charge < -0.3 is 0 Å². The first-order valence-corrected chi connectivity index (χ1v) is 10.8. The molecule has 0 spiro atoms. The second-order valence-electron chi connectivity index (χ2n) is 8.32. The van der Waals surface area contributed by atoms with E-state index in [0.29, 0.717) is 16.9 Å². The highest BCUT2D eigenvalue weighted by Gasteiger charge is 2.22. The fourth-order valence-corrected chi connectivity index (χ4v) is 4.73. The maximum absolute atomic E-state index is 15.2. The summed E-state index contributed by atoms with van der Waals surface area (Å²) in [5.41, 5.74) is 4.02. The van der Waals surface area contributed by atoms with E-state index in [9.17, 15) is 0 Å². The van der Waals surface area contributed by atoms with E-state index in [4.69, 9.17) is 0 Å². The fraction of sp³-hybridized carbons (Fsp3) is 0.286. The van der Waals surface area contributed by atoms with E-state index in [1.165, 1.54) is 37.7 Å². The topological polar surface area (TPSA) is 0 Å². The van der Waals surface area contributed by atoms with Gasteiger partial charge in [0.15, 0.2) is 0 Å². The van der Waals surface area contributed by atoms with Crippen LogP contribution in [0, 0.1) is 11.7 Å². The van der Waals surface area contributed by atoms with Crippen LogP contribution in [0.5, 0.6) is 0 Å². The molecule has 0 unspecified atom stereocenters. The monoisotopic (exact) mass is 384 g/mol. The Labute approximate surface area is 173 Å². The summed E-state index contributed by atoms with van der Waals surface area (Å²) in [6.45, 7) is 7.63. The molecule has 0 N–H and O–H groups in total. The van der Waals surface area contributed by atoms with Gasteiger partial charge in [-0.15, -0.1) is 6.58 Å². The second-order valence-corrected chi connectivity index (χ2v) is 8.32. The fourth-order valence-electron chi connectivity index (χ4n) is 4.73. The Kier molecular flexibility index (Phi) is 5.94. The molecule has 3 aromatic rings. The Hall–Kier alpha value is -2.67. The summed E-state index contributed by atoms with van der Waals surface area (Å²) in [5.74, 6) is 1.35. The van der Waals surface area contributed by atoms with Crippen LogP contribution in [0.25, 0.3) is 28.0 Å². The van der Waals surface area contributed by atoms with Crippen LogP contribution in [-0.4, -0.2) is 0 Å². The lowest BCUT2D eigenvalue weighted by atomic mass is 9.77. The van der Waals surface area contributed by atoms with E-state index >= 15 is 4.39 Å². The quantitative estimate of drug-likeness (QED) is 0.374. The average Bonchev–Trinajstić information content (AvgIpc) is 2.78. The van der Waals surface area contributed by atoms with Crippen molar-refractivity contribution in [2.45, 2.75) is 44.4 Å². The summed E-state index contributed by atoms with van der Waals surface area (Å²) in [6.07, 6.45) is 11.4. The van der Waals surface area contributed by atoms with Gasteiger partial charge >= 0.3 is 0 Å². The number of halogens is 1. The lowest BCUT2D eigenvalue weighted by Crippen LogP contribution is -2.13. The highest BCUT2D eigenvalue weighted by atomic mass is 19.1. The Balaban J connectivity index is 1.52. The molecule has 0 radical (unpaired) electrons. The van der Waals surface area contributed by atoms with Gasteiger partial charge in [-0.25, -0.2) is 4.39 Å². The zero-order valence-corrected chi connectivity index (χ0v) is 17.0. The van der Waals surface area contributed by atoms with Crippen LogP contribution in [0.15, 0.2) is 73.8 Å². The van der Waals surface area contributed by atoms with Gasteiger partial charge in [0.25, 0.3) is 0 Å². The number of rotatable bonds is 6. The minimum atomic E-state index is -0.145. The molecule has 148 valence electrons. The molecule has 29 heavy (non-hydrogen) atoms. The normalized spacial score (nSPS) is 19.2. The summed E-state index contributed by atoms with van der Waals surface area (Å²) >= 11 is 0. The van der Waals surface area contributed by atoms with E-state index in [1.54, 1.807) is 6.08 Å². The number of benzene rings is 3. The average molecular weight is 385 g/mol. The van der Waals surface area contributed by atoms with Crippen molar-refractivity contribution in [1.82, 2.24) is 0 Å². The van der Waals surface area contributed by atoms with Crippen LogP contribution in [0.1, 0.15) is 55.6 Å². The maximum atomic E-state index is 15.2. The van der Waals surface area contributed by atoms with Crippen molar-refractivity contribution in [2.24, 2.45) is 5.92 Å². The van der Waals surface area contributed by atoms with Gasteiger partial charge in [0.1, 0.15) is 5.82 Å². The summed E-state index contributed by atoms with van der Waals surface area (Å²) in [6, 6.07) is 18.2. The molecule has 0 atom stereocenters. The highest BCUT2D eigenvalue weighted by Crippen LogP contribution is 2.38. The molecule has 1 heteroatoms. The summed E-state index contributed by atoms with van der Waals surface area (Å²) < 4.78 is 15.2. The molecular weight excluding hydrogens is 355 g/mol. The second kappa shape index (κ2) is 8.78. The SMILES string of the molecule is C=CCCC1CCC(c2ccc(-c3ccc4cc(C=C)ccc4c3F)cc2)CC1. The van der Waals surface area contributed by atoms with E-state index < -0.39 is 0 Å². The lowest BCUT2D eigenvalue weighted by Gasteiger charge is -2.28. The van der Waals surface area contributed by atoms with Crippen LogP contribution in [0.3, 0.4) is 0 Å². The number of hydrogen-bond acceptors (Lipinski definition) is 0. The van der Waals surface area contributed by atoms with Crippen molar-refractivity contribution in [1.29, 1.82) is 0 Å². The summed E-state index contributed by atoms with van der Waals surface area (Å²) in [5, 5.41) is 1.57. The lowest BCUT2D eigenvalue weighted by molar-refractivity contribution is 0.312. The van der Waals surface area contributed by atoms with Crippen molar-refractivity contribution in [2.75, 3.05) is 0 Å². The van der Waals surface area contributed by atoms with Crippen LogP contribution in [0.4, 0.5) is 4.39 Å². The Bertz CT molecular complexity index is 1000. The Morgan fingerprint density at radius 1 is 0.897 bits per heavy atom. The molecule has 0 nitrogen and oxygen atoms in total. The predicted octanol–water partition coefficient (Wildman–Crippen LogP) is 8.53. The van der Waals surface area contributed by atoms with Crippen LogP contribution < -0.4 is 0 Å². The van der Waals surface area contributed by atoms with Gasteiger partial charge in [0.2, 0.25) is 0 Å². The summed E-state index contributed by atoms with van der Waals surface area (Å²) in [7, 11) is 0. The van der Waals surface area contributed by atoms with Crippen molar-refractivity contribution in [3.63, 3.8) is 0 Å². The molecule has 0 aromatic heterocycles. The van der Waals surface area contributed by atoms with Crippen molar-refractivity contribution in [3.8, 4) is 11.1 Å². The third kappa shape index (κ3) is 4.19. The standard InChI is InChI=1S/C28H29F/c1-3-5-6-21-7-10-22(11-8-21)23-12-14-24(15-13-23)26-18-16-25-19-20(4-2)9-17-27(25)28(26)29/h3-4,9,12-19,21-22H,1-2,5-8,10-11H2. The molecule has 1 saturated carbocycles. The van der Waals surface area contributed by atoms with Gasteiger partial charge in [0, 0.05) is 10.9 Å². The van der Waals surface area contributed by atoms with E-state index in [-0.39, 0.29) is 5.82 Å². The molecule has 0 bridgehead atoms. The molecule has 1 aliphatic carbocycles. The van der Waals surface area contributed by atoms with Crippen molar-refractivity contribution in [3.05, 3.63) is 90.8 Å². The Morgan fingerprint density at radius 3 is 2.34 bits per heavy atom. The third-order valence-electron chi connectivity index (χ3n) is 6.53. The van der Waals surface area contributed by atoms with Crippen LogP contribution in [0.2, 0.25) is 0 Å². The van der Waals surface area contributed by atoms with E-state index in [2.05, 4.69) is 37.4 Å². The molecule has 3 aromatic carbocycles. The molecule has 0 amide bonds. The smallest absolute Gasteiger partial charge is 0.138 e. The molecule has 0 saturated heterocycles. The van der Waals surface area contributed by atoms with Gasteiger partial charge in [-0.2, -0.15) is 0 Å². The minimum absolute atomic E-state index is 0.145. The predicted molar refractivity (Wildman–Crippen MR) is 124 cm³/mol. The number of fused-ring (bicyclic) bond motifs is 1. The summed E-state index contributed by atoms with van der Waals surface area (Å²) in [4.78, 5) is 0. The molecular formula is C28H29F. The molecule has 1 aliphatic rings. The van der Waals surface area contributed by atoms with Crippen LogP contribution in [-0.2, 0) is 0 Å². The van der Waals surface area contributed by atoms with Crippen molar-refractivity contribution < 1.29 is 4.39 Å². The van der Waals surface area contributed by atoms with Gasteiger partial charge in [-0.3, -0.25) is 0 Å². The molecule has 4 rings (SSSR count). The number of hydrogen-bond donors (Lipinski definition) is 0. The zero-order valence-electron chi connectivity index (χ0n) is 17.0. The Morgan fingerprint density at radius 2 is 1.66 bits per heavy atom. The number of allylic oxidation sites excluding steroid dienone is 1. The maximum Gasteiger partial charge on any atom is 0.138 e. The first-order chi connectivity index (χ1) is 14.2. The van der Waals surface area contributed by atoms with Gasteiger partial charge in [-0.05, 0) is 78.5 Å².